The minimum atomic E-state index is -0.267. The summed E-state index contributed by atoms with van der Waals surface area (Å²) in [5.74, 6) is -0.302. The van der Waals surface area contributed by atoms with Crippen LogP contribution in [0.1, 0.15) is 34.3 Å². The average molecular weight is 350 g/mol. The van der Waals surface area contributed by atoms with Gasteiger partial charge in [-0.3, -0.25) is 9.59 Å². The molecule has 1 aromatic heterocycles. The van der Waals surface area contributed by atoms with Gasteiger partial charge in [-0.15, -0.1) is 11.3 Å². The Balaban J connectivity index is 1.52. The largest absolute Gasteiger partial charge is 0.294 e. The molecule has 25 heavy (non-hydrogen) atoms. The Morgan fingerprint density at radius 3 is 2.80 bits per heavy atom. The van der Waals surface area contributed by atoms with E-state index in [1.54, 1.807) is 23.6 Å². The summed E-state index contributed by atoms with van der Waals surface area (Å²) in [7, 11) is 0. The van der Waals surface area contributed by atoms with Gasteiger partial charge in [0.05, 0.1) is 6.21 Å². The minimum Gasteiger partial charge on any atom is -0.294 e. The van der Waals surface area contributed by atoms with E-state index in [1.165, 1.54) is 4.70 Å². The highest BCUT2D eigenvalue weighted by atomic mass is 32.1. The summed E-state index contributed by atoms with van der Waals surface area (Å²) in [6.45, 7) is 1.94. The van der Waals surface area contributed by atoms with Crippen LogP contribution in [0.15, 0.2) is 59.0 Å². The number of amides is 1. The Morgan fingerprint density at radius 1 is 1.12 bits per heavy atom. The number of hydrazone groups is 1. The van der Waals surface area contributed by atoms with Crippen LogP contribution in [0.5, 0.6) is 0 Å². The van der Waals surface area contributed by atoms with Crippen molar-refractivity contribution in [3.63, 3.8) is 0 Å². The van der Waals surface area contributed by atoms with Gasteiger partial charge >= 0.3 is 0 Å². The highest BCUT2D eigenvalue weighted by molar-refractivity contribution is 7.17. The zero-order valence-electron chi connectivity index (χ0n) is 13.9. The van der Waals surface area contributed by atoms with E-state index in [-0.39, 0.29) is 24.5 Å². The molecular weight excluding hydrogens is 332 g/mol. The number of carbonyl (C=O) groups excluding carboxylic acids is 2. The summed E-state index contributed by atoms with van der Waals surface area (Å²) in [5, 5.41) is 7.11. The Hall–Kier alpha value is -2.79. The monoisotopic (exact) mass is 350 g/mol. The fraction of sp³-hybridized carbons (Fsp3) is 0.150. The molecule has 0 atom stereocenters. The van der Waals surface area contributed by atoms with Crippen LogP contribution in [0.3, 0.4) is 0 Å². The van der Waals surface area contributed by atoms with Gasteiger partial charge in [0.25, 0.3) is 0 Å². The molecule has 2 aromatic carbocycles. The van der Waals surface area contributed by atoms with Gasteiger partial charge in [-0.2, -0.15) is 5.10 Å². The number of thiophene rings is 1. The Labute approximate surface area is 150 Å². The third kappa shape index (κ3) is 4.39. The van der Waals surface area contributed by atoms with E-state index < -0.39 is 0 Å². The zero-order valence-corrected chi connectivity index (χ0v) is 14.7. The van der Waals surface area contributed by atoms with Gasteiger partial charge in [-0.1, -0.05) is 42.0 Å². The first kappa shape index (κ1) is 17.0. The van der Waals surface area contributed by atoms with Gasteiger partial charge in [-0.25, -0.2) is 5.43 Å². The van der Waals surface area contributed by atoms with E-state index in [4.69, 9.17) is 0 Å². The van der Waals surface area contributed by atoms with Crippen molar-refractivity contribution in [1.82, 2.24) is 5.43 Å². The van der Waals surface area contributed by atoms with Gasteiger partial charge < -0.3 is 0 Å². The predicted molar refractivity (Wildman–Crippen MR) is 102 cm³/mol. The number of benzene rings is 2. The maximum atomic E-state index is 12.1. The molecule has 0 aliphatic heterocycles. The van der Waals surface area contributed by atoms with E-state index in [0.717, 1.165) is 16.5 Å². The van der Waals surface area contributed by atoms with Crippen molar-refractivity contribution >= 4 is 39.3 Å². The lowest BCUT2D eigenvalue weighted by molar-refractivity contribution is -0.121. The summed E-state index contributed by atoms with van der Waals surface area (Å²) in [5.41, 5.74) is 5.13. The number of aryl methyl sites for hydroxylation is 1. The van der Waals surface area contributed by atoms with Gasteiger partial charge in [0.1, 0.15) is 0 Å². The van der Waals surface area contributed by atoms with Crippen molar-refractivity contribution in [3.05, 3.63) is 70.6 Å². The SMILES string of the molecule is Cc1cccc(C(=O)CCC(=O)N/N=C/c2csc3ccccc23)c1. The van der Waals surface area contributed by atoms with E-state index in [2.05, 4.69) is 10.5 Å². The quantitative estimate of drug-likeness (QED) is 0.409. The normalized spacial score (nSPS) is 11.1. The van der Waals surface area contributed by atoms with Gasteiger partial charge in [0.2, 0.25) is 5.91 Å². The maximum Gasteiger partial charge on any atom is 0.240 e. The highest BCUT2D eigenvalue weighted by Crippen LogP contribution is 2.24. The van der Waals surface area contributed by atoms with Crippen LogP contribution in [0.2, 0.25) is 0 Å². The van der Waals surface area contributed by atoms with Gasteiger partial charge in [0.15, 0.2) is 5.78 Å². The lowest BCUT2D eigenvalue weighted by atomic mass is 10.0. The smallest absolute Gasteiger partial charge is 0.240 e. The first-order valence-electron chi connectivity index (χ1n) is 8.01. The number of Topliss-reactive ketones (excluding diaryl/α,β-unsaturated/α-hetero) is 1. The molecule has 4 nitrogen and oxygen atoms in total. The van der Waals surface area contributed by atoms with Crippen molar-refractivity contribution in [2.75, 3.05) is 0 Å². The number of hydrogen-bond donors (Lipinski definition) is 1. The molecule has 0 spiro atoms. The second-order valence-corrected chi connectivity index (χ2v) is 6.68. The molecule has 126 valence electrons. The van der Waals surface area contributed by atoms with Crippen molar-refractivity contribution < 1.29 is 9.59 Å². The van der Waals surface area contributed by atoms with Crippen LogP contribution < -0.4 is 5.43 Å². The second-order valence-electron chi connectivity index (χ2n) is 5.77. The molecule has 0 aliphatic carbocycles. The van der Waals surface area contributed by atoms with Crippen molar-refractivity contribution in [3.8, 4) is 0 Å². The minimum absolute atomic E-state index is 0.0355. The Kier molecular flexibility index (Phi) is 5.36. The van der Waals surface area contributed by atoms with Crippen molar-refractivity contribution in [2.24, 2.45) is 5.10 Å². The lowest BCUT2D eigenvalue weighted by Gasteiger charge is -2.02. The standard InChI is InChI=1S/C20H18N2O2S/c1-14-5-4-6-15(11-14)18(23)9-10-20(24)22-21-12-16-13-25-19-8-3-2-7-17(16)19/h2-8,11-13H,9-10H2,1H3,(H,22,24)/b21-12+. The fourth-order valence-electron chi connectivity index (χ4n) is 2.52. The number of carbonyl (C=O) groups is 2. The molecule has 3 aromatic rings. The summed E-state index contributed by atoms with van der Waals surface area (Å²) < 4.78 is 1.18. The van der Waals surface area contributed by atoms with Crippen LogP contribution in [0.25, 0.3) is 10.1 Å². The molecular formula is C20H18N2O2S. The molecule has 1 N–H and O–H groups in total. The summed E-state index contributed by atoms with van der Waals surface area (Å²) in [6, 6.07) is 15.4. The molecule has 0 radical (unpaired) electrons. The average Bonchev–Trinajstić information content (AvgIpc) is 3.03. The number of ketones is 1. The predicted octanol–water partition coefficient (Wildman–Crippen LogP) is 4.32. The van der Waals surface area contributed by atoms with E-state index in [9.17, 15) is 9.59 Å². The molecule has 0 saturated heterocycles. The molecule has 0 fully saturated rings. The molecule has 0 bridgehead atoms. The molecule has 1 heterocycles. The van der Waals surface area contributed by atoms with Crippen LogP contribution in [-0.2, 0) is 4.79 Å². The topological polar surface area (TPSA) is 58.5 Å². The molecule has 0 aliphatic rings. The number of rotatable bonds is 6. The van der Waals surface area contributed by atoms with E-state index in [0.29, 0.717) is 5.56 Å². The molecule has 0 unspecified atom stereocenters. The number of hydrogen-bond acceptors (Lipinski definition) is 4. The molecule has 5 heteroatoms. The second kappa shape index (κ2) is 7.85. The van der Waals surface area contributed by atoms with Crippen molar-refractivity contribution in [1.29, 1.82) is 0 Å². The highest BCUT2D eigenvalue weighted by Gasteiger charge is 2.09. The van der Waals surface area contributed by atoms with Crippen molar-refractivity contribution in [2.45, 2.75) is 19.8 Å². The fourth-order valence-corrected chi connectivity index (χ4v) is 3.43. The summed E-state index contributed by atoms with van der Waals surface area (Å²) >= 11 is 1.64. The first-order valence-corrected chi connectivity index (χ1v) is 8.89. The maximum absolute atomic E-state index is 12.1. The molecule has 0 saturated carbocycles. The number of nitrogens with zero attached hydrogens (tertiary/aromatic N) is 1. The van der Waals surface area contributed by atoms with Gasteiger partial charge in [0, 0.05) is 39.4 Å². The van der Waals surface area contributed by atoms with Crippen LogP contribution in [0, 0.1) is 6.92 Å². The first-order chi connectivity index (χ1) is 12.1. The zero-order chi connectivity index (χ0) is 17.6. The summed E-state index contributed by atoms with van der Waals surface area (Å²) in [6.07, 6.45) is 1.93. The lowest BCUT2D eigenvalue weighted by Crippen LogP contribution is -2.18. The Bertz CT molecular complexity index is 944. The molecule has 1 amide bonds. The van der Waals surface area contributed by atoms with Crippen LogP contribution in [-0.4, -0.2) is 17.9 Å². The van der Waals surface area contributed by atoms with Crippen LogP contribution in [0.4, 0.5) is 0 Å². The number of fused-ring (bicyclic) bond motifs is 1. The van der Waals surface area contributed by atoms with Gasteiger partial charge in [-0.05, 0) is 19.1 Å². The summed E-state index contributed by atoms with van der Waals surface area (Å²) in [4.78, 5) is 24.0. The third-order valence-electron chi connectivity index (χ3n) is 3.82. The number of nitrogens with one attached hydrogen (secondary N) is 1. The van der Waals surface area contributed by atoms with Crippen LogP contribution >= 0.6 is 11.3 Å². The third-order valence-corrected chi connectivity index (χ3v) is 4.80. The van der Waals surface area contributed by atoms with E-state index in [1.807, 2.05) is 54.8 Å². The van der Waals surface area contributed by atoms with E-state index >= 15 is 0 Å². The molecule has 3 rings (SSSR count). The Morgan fingerprint density at radius 2 is 1.96 bits per heavy atom.